The number of hydrogen-bond donors (Lipinski definition) is 0. The zero-order chi connectivity index (χ0) is 26.2. The first-order chi connectivity index (χ1) is 17.7. The van der Waals surface area contributed by atoms with Crippen molar-refractivity contribution in [3.63, 3.8) is 0 Å². The number of piperazine rings is 1. The maximum atomic E-state index is 13.6. The fourth-order valence-electron chi connectivity index (χ4n) is 4.95. The second kappa shape index (κ2) is 10.3. The molecule has 1 atom stereocenters. The van der Waals surface area contributed by atoms with E-state index in [1.165, 1.54) is 0 Å². The van der Waals surface area contributed by atoms with E-state index in [9.17, 15) is 9.59 Å². The summed E-state index contributed by atoms with van der Waals surface area (Å²) >= 11 is 0. The topological polar surface area (TPSA) is 91.3 Å². The predicted molar refractivity (Wildman–Crippen MR) is 141 cm³/mol. The van der Waals surface area contributed by atoms with Crippen molar-refractivity contribution in [3.05, 3.63) is 41.7 Å². The number of nitrogens with zero attached hydrogens (tertiary/aromatic N) is 6. The van der Waals surface area contributed by atoms with Crippen LogP contribution < -0.4 is 4.90 Å². The van der Waals surface area contributed by atoms with Gasteiger partial charge >= 0.3 is 6.09 Å². The van der Waals surface area contributed by atoms with Gasteiger partial charge in [0.05, 0.1) is 36.5 Å². The van der Waals surface area contributed by atoms with E-state index < -0.39 is 11.7 Å². The molecule has 2 fully saturated rings. The van der Waals surface area contributed by atoms with Gasteiger partial charge in [-0.1, -0.05) is 6.08 Å². The van der Waals surface area contributed by atoms with Gasteiger partial charge in [-0.3, -0.25) is 14.7 Å². The number of carbonyl (C=O) groups is 2. The summed E-state index contributed by atoms with van der Waals surface area (Å²) in [6, 6.07) is 3.39. The molecule has 0 radical (unpaired) electrons. The third-order valence-electron chi connectivity index (χ3n) is 6.96. The first kappa shape index (κ1) is 25.4. The lowest BCUT2D eigenvalue weighted by molar-refractivity contribution is 0.0287. The molecule has 3 aliphatic heterocycles. The lowest BCUT2D eigenvalue weighted by Crippen LogP contribution is -2.47. The van der Waals surface area contributed by atoms with Gasteiger partial charge in [0.1, 0.15) is 11.4 Å². The highest BCUT2D eigenvalue weighted by Crippen LogP contribution is 2.36. The Morgan fingerprint density at radius 1 is 1.05 bits per heavy atom. The molecule has 3 aliphatic rings. The molecule has 1 aromatic carbocycles. The lowest BCUT2D eigenvalue weighted by Gasteiger charge is -2.33. The molecular formula is C27H36N6O4. The first-order valence-electron chi connectivity index (χ1n) is 13.0. The van der Waals surface area contributed by atoms with Crippen molar-refractivity contribution in [2.45, 2.75) is 38.8 Å². The van der Waals surface area contributed by atoms with Crippen molar-refractivity contribution >= 4 is 28.9 Å². The fraction of sp³-hybridized carbons (Fsp3) is 0.556. The predicted octanol–water partition coefficient (Wildman–Crippen LogP) is 3.05. The number of amides is 2. The quantitative estimate of drug-likeness (QED) is 0.625. The van der Waals surface area contributed by atoms with Crippen molar-refractivity contribution in [1.82, 2.24) is 24.7 Å². The minimum atomic E-state index is -0.622. The Kier molecular flexibility index (Phi) is 7.04. The van der Waals surface area contributed by atoms with Crippen molar-refractivity contribution in [2.75, 3.05) is 64.4 Å². The standard InChI is InChI=1S/C27H36N6O4/c1-27(2,3)37-26(35)33-7-5-6-22(33)20-16-19(25(34)32-10-8-30(4)9-11-32)17-21-24(20)29-23(18-28-21)31-12-14-36-15-13-31/h5,7,16-18,22H,6,8-15H2,1-4H3. The van der Waals surface area contributed by atoms with Crippen LogP contribution in [-0.2, 0) is 9.47 Å². The number of morpholine rings is 1. The summed E-state index contributed by atoms with van der Waals surface area (Å²) in [4.78, 5) is 44.3. The van der Waals surface area contributed by atoms with Crippen LogP contribution in [0.25, 0.3) is 11.0 Å². The summed E-state index contributed by atoms with van der Waals surface area (Å²) in [6.45, 7) is 11.4. The SMILES string of the molecule is CN1CCN(C(=O)c2cc(C3CC=CN3C(=O)OC(C)(C)C)c3nc(N4CCOCC4)cnc3c2)CC1. The Bertz CT molecular complexity index is 1200. The molecule has 37 heavy (non-hydrogen) atoms. The number of benzene rings is 1. The Hall–Kier alpha value is -3.24. The summed E-state index contributed by atoms with van der Waals surface area (Å²) in [5, 5.41) is 0. The molecular weight excluding hydrogens is 472 g/mol. The molecule has 2 aromatic rings. The molecule has 198 valence electrons. The van der Waals surface area contributed by atoms with E-state index in [1.54, 1.807) is 17.3 Å². The van der Waals surface area contributed by atoms with Crippen LogP contribution in [0.15, 0.2) is 30.6 Å². The van der Waals surface area contributed by atoms with Crippen LogP contribution in [-0.4, -0.2) is 102 Å². The number of likely N-dealkylation sites (N-methyl/N-ethyl adjacent to an activating group) is 1. The molecule has 0 spiro atoms. The van der Waals surface area contributed by atoms with Crippen molar-refractivity contribution in [1.29, 1.82) is 0 Å². The Labute approximate surface area is 217 Å². The van der Waals surface area contributed by atoms with Gasteiger partial charge in [-0.25, -0.2) is 9.78 Å². The summed E-state index contributed by atoms with van der Waals surface area (Å²) in [5.74, 6) is 0.745. The van der Waals surface area contributed by atoms with Crippen LogP contribution in [0, 0.1) is 0 Å². The Balaban J connectivity index is 1.55. The normalized spacial score (nSPS) is 21.1. The van der Waals surface area contributed by atoms with Gasteiger partial charge in [0.2, 0.25) is 0 Å². The van der Waals surface area contributed by atoms with Crippen LogP contribution in [0.2, 0.25) is 0 Å². The summed E-state index contributed by atoms with van der Waals surface area (Å²) in [6.07, 6.45) is 5.66. The summed E-state index contributed by atoms with van der Waals surface area (Å²) in [5.41, 5.74) is 2.08. The van der Waals surface area contributed by atoms with E-state index in [-0.39, 0.29) is 11.9 Å². The molecule has 2 amide bonds. The Morgan fingerprint density at radius 3 is 2.49 bits per heavy atom. The molecule has 10 heteroatoms. The third kappa shape index (κ3) is 5.55. The molecule has 0 bridgehead atoms. The summed E-state index contributed by atoms with van der Waals surface area (Å²) in [7, 11) is 2.07. The maximum Gasteiger partial charge on any atom is 0.414 e. The molecule has 0 aliphatic carbocycles. The number of rotatable bonds is 3. The molecule has 1 unspecified atom stereocenters. The van der Waals surface area contributed by atoms with E-state index in [0.717, 1.165) is 37.6 Å². The minimum Gasteiger partial charge on any atom is -0.443 e. The molecule has 0 N–H and O–H groups in total. The lowest BCUT2D eigenvalue weighted by atomic mass is 9.98. The van der Waals surface area contributed by atoms with Crippen molar-refractivity contribution < 1.29 is 19.1 Å². The third-order valence-corrected chi connectivity index (χ3v) is 6.96. The van der Waals surface area contributed by atoms with E-state index in [2.05, 4.69) is 16.8 Å². The minimum absolute atomic E-state index is 0.0231. The number of anilines is 1. The van der Waals surface area contributed by atoms with E-state index >= 15 is 0 Å². The van der Waals surface area contributed by atoms with Gasteiger partial charge < -0.3 is 24.2 Å². The Morgan fingerprint density at radius 2 is 1.78 bits per heavy atom. The number of ether oxygens (including phenoxy) is 2. The molecule has 5 rings (SSSR count). The average Bonchev–Trinajstić information content (AvgIpc) is 3.37. The number of fused-ring (bicyclic) bond motifs is 1. The van der Waals surface area contributed by atoms with Gasteiger partial charge in [0.15, 0.2) is 0 Å². The van der Waals surface area contributed by atoms with Crippen LogP contribution in [0.5, 0.6) is 0 Å². The molecule has 0 saturated carbocycles. The molecule has 10 nitrogen and oxygen atoms in total. The van der Waals surface area contributed by atoms with Crippen molar-refractivity contribution in [3.8, 4) is 0 Å². The summed E-state index contributed by atoms with van der Waals surface area (Å²) < 4.78 is 11.2. The second-order valence-electron chi connectivity index (χ2n) is 10.9. The number of hydrogen-bond acceptors (Lipinski definition) is 8. The van der Waals surface area contributed by atoms with Crippen molar-refractivity contribution in [2.24, 2.45) is 0 Å². The zero-order valence-electron chi connectivity index (χ0n) is 22.1. The van der Waals surface area contributed by atoms with Gasteiger partial charge in [-0.2, -0.15) is 0 Å². The van der Waals surface area contributed by atoms with E-state index in [1.807, 2.05) is 43.9 Å². The average molecular weight is 509 g/mol. The number of aromatic nitrogens is 2. The van der Waals surface area contributed by atoms with Crippen LogP contribution in [0.4, 0.5) is 10.6 Å². The second-order valence-corrected chi connectivity index (χ2v) is 10.9. The molecule has 4 heterocycles. The van der Waals surface area contributed by atoms with Crippen LogP contribution in [0.3, 0.4) is 0 Å². The highest BCUT2D eigenvalue weighted by Gasteiger charge is 2.33. The maximum absolute atomic E-state index is 13.6. The highest BCUT2D eigenvalue weighted by molar-refractivity contribution is 5.98. The van der Waals surface area contributed by atoms with Gasteiger partial charge in [0.25, 0.3) is 5.91 Å². The highest BCUT2D eigenvalue weighted by atomic mass is 16.6. The monoisotopic (exact) mass is 508 g/mol. The largest absolute Gasteiger partial charge is 0.443 e. The van der Waals surface area contributed by atoms with Gasteiger partial charge in [0, 0.05) is 56.6 Å². The van der Waals surface area contributed by atoms with E-state index in [0.29, 0.717) is 49.3 Å². The number of carbonyl (C=O) groups excluding carboxylic acids is 2. The van der Waals surface area contributed by atoms with Crippen LogP contribution >= 0.6 is 0 Å². The molecule has 1 aromatic heterocycles. The fourth-order valence-corrected chi connectivity index (χ4v) is 4.95. The molecule has 2 saturated heterocycles. The van der Waals surface area contributed by atoms with Gasteiger partial charge in [-0.15, -0.1) is 0 Å². The zero-order valence-corrected chi connectivity index (χ0v) is 22.1. The van der Waals surface area contributed by atoms with Crippen LogP contribution in [0.1, 0.15) is 49.2 Å². The smallest absolute Gasteiger partial charge is 0.414 e. The first-order valence-corrected chi connectivity index (χ1v) is 13.0. The van der Waals surface area contributed by atoms with E-state index in [4.69, 9.17) is 19.4 Å². The van der Waals surface area contributed by atoms with Gasteiger partial charge in [-0.05, 0) is 46.4 Å².